The lowest BCUT2D eigenvalue weighted by Crippen LogP contribution is -1.72. The number of rotatable bonds is 1. The average Bonchev–Trinajstić information content (AvgIpc) is 2.13. The number of hydrogen-bond donors (Lipinski definition) is 1. The van der Waals surface area contributed by atoms with Gasteiger partial charge in [0.15, 0.2) is 0 Å². The minimum atomic E-state index is 1.21. The van der Waals surface area contributed by atoms with Gasteiger partial charge in [0.1, 0.15) is 0 Å². The minimum Gasteiger partial charge on any atom is -0.362 e. The number of halogens is 1. The van der Waals surface area contributed by atoms with Gasteiger partial charge < -0.3 is 4.98 Å². The summed E-state index contributed by atoms with van der Waals surface area (Å²) in [6.45, 7) is 4.12. The molecule has 0 aliphatic carbocycles. The molecule has 1 aromatic rings. The molecule has 1 rings (SSSR count). The van der Waals surface area contributed by atoms with Crippen molar-refractivity contribution in [1.29, 1.82) is 0 Å². The van der Waals surface area contributed by atoms with Crippen molar-refractivity contribution in [3.63, 3.8) is 0 Å². The van der Waals surface area contributed by atoms with Crippen LogP contribution in [0.1, 0.15) is 17.0 Å². The largest absolute Gasteiger partial charge is 0.362 e. The molecular formula is C8H10BrN. The molecule has 0 spiro atoms. The van der Waals surface area contributed by atoms with Gasteiger partial charge in [0.05, 0.1) is 0 Å². The van der Waals surface area contributed by atoms with Gasteiger partial charge in [-0.1, -0.05) is 15.9 Å². The Morgan fingerprint density at radius 2 is 2.20 bits per heavy atom. The molecule has 2 heteroatoms. The fraction of sp³-hybridized carbons (Fsp3) is 0.250. The summed E-state index contributed by atoms with van der Waals surface area (Å²) >= 11 is 3.24. The minimum absolute atomic E-state index is 1.21. The Bertz CT molecular complexity index is 248. The fourth-order valence-corrected chi connectivity index (χ4v) is 1.27. The molecule has 0 radical (unpaired) electrons. The molecule has 1 nitrogen and oxygen atoms in total. The lowest BCUT2D eigenvalue weighted by atomic mass is 10.2. The first-order chi connectivity index (χ1) is 4.74. The van der Waals surface area contributed by atoms with Crippen LogP contribution < -0.4 is 0 Å². The molecule has 1 heterocycles. The molecule has 0 amide bonds. The highest BCUT2D eigenvalue weighted by Crippen LogP contribution is 2.11. The summed E-state index contributed by atoms with van der Waals surface area (Å²) in [6, 6.07) is 2.12. The predicted octanol–water partition coefficient (Wildman–Crippen LogP) is 3.00. The third-order valence-corrected chi connectivity index (χ3v) is 1.70. The van der Waals surface area contributed by atoms with Crippen LogP contribution in [0.5, 0.6) is 0 Å². The molecule has 0 bridgehead atoms. The molecule has 0 aliphatic rings. The maximum Gasteiger partial charge on any atom is 0.0191 e. The highest BCUT2D eigenvalue weighted by atomic mass is 79.9. The zero-order valence-electron chi connectivity index (χ0n) is 6.11. The van der Waals surface area contributed by atoms with Gasteiger partial charge in [-0.3, -0.25) is 0 Å². The summed E-state index contributed by atoms with van der Waals surface area (Å²) in [4.78, 5) is 5.08. The molecule has 54 valence electrons. The molecule has 1 N–H and O–H groups in total. The number of hydrogen-bond acceptors (Lipinski definition) is 0. The Morgan fingerprint density at radius 1 is 1.50 bits per heavy atom. The summed E-state index contributed by atoms with van der Waals surface area (Å²) in [6.07, 6.45) is 2.03. The highest BCUT2D eigenvalue weighted by Gasteiger charge is 1.95. The summed E-state index contributed by atoms with van der Waals surface area (Å²) in [5.41, 5.74) is 3.67. The smallest absolute Gasteiger partial charge is 0.0191 e. The van der Waals surface area contributed by atoms with Gasteiger partial charge in [-0.05, 0) is 36.5 Å². The van der Waals surface area contributed by atoms with Crippen LogP contribution in [-0.4, -0.2) is 4.98 Å². The van der Waals surface area contributed by atoms with Crippen molar-refractivity contribution < 1.29 is 0 Å². The second-order valence-corrected chi connectivity index (χ2v) is 2.85. The van der Waals surface area contributed by atoms with Crippen LogP contribution in [-0.2, 0) is 0 Å². The Morgan fingerprint density at radius 3 is 2.60 bits per heavy atom. The maximum absolute atomic E-state index is 3.24. The summed E-state index contributed by atoms with van der Waals surface area (Å²) in [7, 11) is 0. The third-order valence-electron chi connectivity index (χ3n) is 1.43. The Labute approximate surface area is 69.3 Å². The first-order valence-electron chi connectivity index (χ1n) is 3.17. The van der Waals surface area contributed by atoms with E-state index in [1.807, 2.05) is 11.1 Å². The van der Waals surface area contributed by atoms with Crippen molar-refractivity contribution >= 4 is 22.0 Å². The number of H-pyrrole nitrogens is 1. The van der Waals surface area contributed by atoms with Crippen molar-refractivity contribution in [3.8, 4) is 0 Å². The molecule has 0 unspecified atom stereocenters. The van der Waals surface area contributed by atoms with E-state index in [2.05, 4.69) is 40.8 Å². The fourth-order valence-electron chi connectivity index (χ4n) is 0.986. The van der Waals surface area contributed by atoms with E-state index in [1.165, 1.54) is 17.0 Å². The lowest BCUT2D eigenvalue weighted by molar-refractivity contribution is 1.19. The Balaban J connectivity index is 3.03. The SMILES string of the molecule is Cc1cc(/C=C/Br)c(C)[nH]1. The van der Waals surface area contributed by atoms with Crippen LogP contribution in [0.3, 0.4) is 0 Å². The van der Waals surface area contributed by atoms with E-state index in [0.29, 0.717) is 0 Å². The molecule has 1 aromatic heterocycles. The van der Waals surface area contributed by atoms with Gasteiger partial charge in [-0.25, -0.2) is 0 Å². The van der Waals surface area contributed by atoms with Gasteiger partial charge in [0, 0.05) is 11.4 Å². The molecule has 0 saturated carbocycles. The van der Waals surface area contributed by atoms with E-state index in [-0.39, 0.29) is 0 Å². The molecule has 0 aromatic carbocycles. The van der Waals surface area contributed by atoms with Crippen molar-refractivity contribution in [3.05, 3.63) is 28.0 Å². The van der Waals surface area contributed by atoms with Crippen LogP contribution in [0, 0.1) is 13.8 Å². The van der Waals surface area contributed by atoms with E-state index < -0.39 is 0 Å². The van der Waals surface area contributed by atoms with E-state index in [0.717, 1.165) is 0 Å². The molecule has 0 saturated heterocycles. The van der Waals surface area contributed by atoms with Crippen molar-refractivity contribution in [2.75, 3.05) is 0 Å². The van der Waals surface area contributed by atoms with Gasteiger partial charge in [-0.15, -0.1) is 0 Å². The van der Waals surface area contributed by atoms with Crippen molar-refractivity contribution in [1.82, 2.24) is 4.98 Å². The van der Waals surface area contributed by atoms with Crippen LogP contribution >= 0.6 is 15.9 Å². The van der Waals surface area contributed by atoms with Gasteiger partial charge in [-0.2, -0.15) is 0 Å². The standard InChI is InChI=1S/C8H10BrN/c1-6-5-8(3-4-9)7(2)10-6/h3-5,10H,1-2H3/b4-3+. The predicted molar refractivity (Wildman–Crippen MR) is 48.2 cm³/mol. The normalized spacial score (nSPS) is 11.1. The maximum atomic E-state index is 3.24. The topological polar surface area (TPSA) is 15.8 Å². The number of aryl methyl sites for hydroxylation is 2. The van der Waals surface area contributed by atoms with E-state index in [9.17, 15) is 0 Å². The molecule has 0 atom stereocenters. The zero-order chi connectivity index (χ0) is 7.56. The molecule has 0 fully saturated rings. The van der Waals surface area contributed by atoms with Crippen molar-refractivity contribution in [2.45, 2.75) is 13.8 Å². The van der Waals surface area contributed by atoms with Crippen molar-refractivity contribution in [2.24, 2.45) is 0 Å². The quantitative estimate of drug-likeness (QED) is 0.717. The lowest BCUT2D eigenvalue weighted by Gasteiger charge is -1.85. The van der Waals surface area contributed by atoms with Crippen LogP contribution in [0.25, 0.3) is 6.08 Å². The number of aromatic nitrogens is 1. The molecule has 0 aliphatic heterocycles. The van der Waals surface area contributed by atoms with Crippen LogP contribution in [0.4, 0.5) is 0 Å². The Kier molecular flexibility index (Phi) is 2.33. The van der Waals surface area contributed by atoms with E-state index in [4.69, 9.17) is 0 Å². The average molecular weight is 200 g/mol. The first kappa shape index (κ1) is 7.61. The third kappa shape index (κ3) is 1.51. The molecular weight excluding hydrogens is 190 g/mol. The number of aromatic amines is 1. The summed E-state index contributed by atoms with van der Waals surface area (Å²) in [5, 5.41) is 0. The number of nitrogens with one attached hydrogen (secondary N) is 1. The summed E-state index contributed by atoms with van der Waals surface area (Å²) in [5.74, 6) is 0. The molecule has 10 heavy (non-hydrogen) atoms. The van der Waals surface area contributed by atoms with E-state index in [1.54, 1.807) is 0 Å². The highest BCUT2D eigenvalue weighted by molar-refractivity contribution is 9.11. The Hall–Kier alpha value is -0.500. The first-order valence-corrected chi connectivity index (χ1v) is 4.08. The van der Waals surface area contributed by atoms with Crippen LogP contribution in [0.15, 0.2) is 11.1 Å². The van der Waals surface area contributed by atoms with Gasteiger partial charge in [0.25, 0.3) is 0 Å². The monoisotopic (exact) mass is 199 g/mol. The second-order valence-electron chi connectivity index (χ2n) is 2.33. The second kappa shape index (κ2) is 3.06. The zero-order valence-corrected chi connectivity index (χ0v) is 7.70. The van der Waals surface area contributed by atoms with Crippen LogP contribution in [0.2, 0.25) is 0 Å². The van der Waals surface area contributed by atoms with Gasteiger partial charge in [0.2, 0.25) is 0 Å². The van der Waals surface area contributed by atoms with Gasteiger partial charge >= 0.3 is 0 Å². The van der Waals surface area contributed by atoms with E-state index >= 15 is 0 Å². The summed E-state index contributed by atoms with van der Waals surface area (Å²) < 4.78 is 0.